The molecule has 2 unspecified atom stereocenters. The third-order valence-electron chi connectivity index (χ3n) is 4.44. The molecule has 4 rings (SSSR count). The van der Waals surface area contributed by atoms with Crippen LogP contribution in [0.3, 0.4) is 0 Å². The van der Waals surface area contributed by atoms with Gasteiger partial charge in [-0.2, -0.15) is 5.53 Å². The molecule has 1 aliphatic rings. The van der Waals surface area contributed by atoms with Crippen molar-refractivity contribution in [2.45, 2.75) is 12.1 Å². The van der Waals surface area contributed by atoms with Crippen LogP contribution < -0.4 is 16.4 Å². The molecule has 0 bridgehead atoms. The van der Waals surface area contributed by atoms with E-state index in [0.29, 0.717) is 0 Å². The predicted octanol–water partition coefficient (Wildman–Crippen LogP) is 1.26. The lowest BCUT2D eigenvalue weighted by atomic mass is 9.97. The molecule has 132 valence electrons. The third-order valence-corrected chi connectivity index (χ3v) is 4.44. The van der Waals surface area contributed by atoms with E-state index in [1.54, 1.807) is 4.68 Å². The van der Waals surface area contributed by atoms with E-state index in [2.05, 4.69) is 26.7 Å². The monoisotopic (exact) mass is 350 g/mol. The fourth-order valence-corrected chi connectivity index (χ4v) is 3.04. The van der Waals surface area contributed by atoms with Crippen molar-refractivity contribution in [3.05, 3.63) is 60.3 Å². The number of rotatable bonds is 4. The summed E-state index contributed by atoms with van der Waals surface area (Å²) in [5.74, 6) is -0.906. The quantitative estimate of drug-likeness (QED) is 0.561. The van der Waals surface area contributed by atoms with E-state index >= 15 is 0 Å². The normalized spacial score (nSPS) is 19.6. The third kappa shape index (κ3) is 3.08. The molecule has 1 saturated heterocycles. The van der Waals surface area contributed by atoms with Gasteiger partial charge in [-0.25, -0.2) is 10.9 Å². The van der Waals surface area contributed by atoms with Crippen LogP contribution in [-0.2, 0) is 11.8 Å². The fourth-order valence-electron chi connectivity index (χ4n) is 3.04. The average molecular weight is 350 g/mol. The second-order valence-electron chi connectivity index (χ2n) is 6.18. The van der Waals surface area contributed by atoms with E-state index in [0.717, 1.165) is 27.9 Å². The molecule has 2 heterocycles. The summed E-state index contributed by atoms with van der Waals surface area (Å²) >= 11 is 0. The van der Waals surface area contributed by atoms with Crippen molar-refractivity contribution in [3.63, 3.8) is 0 Å². The molecule has 0 radical (unpaired) electrons. The number of hydrogen-bond acceptors (Lipinski definition) is 6. The maximum Gasteiger partial charge on any atom is 0.324 e. The van der Waals surface area contributed by atoms with Gasteiger partial charge in [0, 0.05) is 12.6 Å². The molecule has 0 amide bonds. The van der Waals surface area contributed by atoms with Gasteiger partial charge in [0.05, 0.1) is 12.2 Å². The van der Waals surface area contributed by atoms with Crippen molar-refractivity contribution < 1.29 is 9.90 Å². The molecule has 1 fully saturated rings. The number of carbonyl (C=O) groups is 1. The molecule has 26 heavy (non-hydrogen) atoms. The summed E-state index contributed by atoms with van der Waals surface area (Å²) in [6, 6.07) is 14.9. The highest BCUT2D eigenvalue weighted by Gasteiger charge is 2.33. The van der Waals surface area contributed by atoms with Gasteiger partial charge in [0.1, 0.15) is 11.7 Å². The molecule has 8 heteroatoms. The second-order valence-corrected chi connectivity index (χ2v) is 6.18. The van der Waals surface area contributed by atoms with Crippen LogP contribution in [-0.4, -0.2) is 32.1 Å². The van der Waals surface area contributed by atoms with E-state index < -0.39 is 12.0 Å². The van der Waals surface area contributed by atoms with Crippen LogP contribution in [0.2, 0.25) is 0 Å². The largest absolute Gasteiger partial charge is 0.480 e. The number of nitrogens with one attached hydrogen (secondary N) is 3. The lowest BCUT2D eigenvalue weighted by Crippen LogP contribution is -2.38. The molecule has 0 spiro atoms. The van der Waals surface area contributed by atoms with Gasteiger partial charge in [-0.1, -0.05) is 53.7 Å². The van der Waals surface area contributed by atoms with E-state index in [1.165, 1.54) is 0 Å². The number of hydrogen-bond donors (Lipinski definition) is 4. The number of carboxylic acid groups (broad SMARTS) is 1. The summed E-state index contributed by atoms with van der Waals surface area (Å²) in [6.45, 7) is 0. The molecular formula is C18H18N6O2. The summed E-state index contributed by atoms with van der Waals surface area (Å²) in [6.07, 6.45) is 1.87. The number of nitrogens with zero attached hydrogens (tertiary/aromatic N) is 3. The number of aromatic nitrogens is 3. The zero-order chi connectivity index (χ0) is 18.1. The smallest absolute Gasteiger partial charge is 0.324 e. The lowest BCUT2D eigenvalue weighted by molar-refractivity contribution is -0.139. The van der Waals surface area contributed by atoms with Crippen molar-refractivity contribution in [1.82, 2.24) is 31.4 Å². The number of carboxylic acids is 1. The lowest BCUT2D eigenvalue weighted by Gasteiger charge is -2.15. The highest BCUT2D eigenvalue weighted by Crippen LogP contribution is 2.26. The molecule has 1 aromatic heterocycles. The number of benzene rings is 2. The van der Waals surface area contributed by atoms with Crippen molar-refractivity contribution in [2.24, 2.45) is 7.05 Å². The Kier molecular flexibility index (Phi) is 4.21. The van der Waals surface area contributed by atoms with Crippen molar-refractivity contribution >= 4 is 5.97 Å². The van der Waals surface area contributed by atoms with Crippen molar-refractivity contribution in [3.8, 4) is 22.4 Å². The average Bonchev–Trinajstić information content (AvgIpc) is 3.31. The van der Waals surface area contributed by atoms with Gasteiger partial charge in [0.2, 0.25) is 0 Å². The molecule has 2 aromatic carbocycles. The zero-order valence-corrected chi connectivity index (χ0v) is 14.0. The Bertz CT molecular complexity index is 920. The molecule has 4 N–H and O–H groups in total. The molecule has 2 atom stereocenters. The molecule has 0 aliphatic carbocycles. The van der Waals surface area contributed by atoms with Gasteiger partial charge in [0.15, 0.2) is 0 Å². The van der Waals surface area contributed by atoms with Gasteiger partial charge < -0.3 is 5.11 Å². The standard InChI is InChI=1S/C18H18N6O2/c1-24-10-15(19-23-24)13-6-2-11(3-7-13)12-4-8-14(9-5-12)16-17(18(25)26)21-22-20-16/h2-10,16-17,20-22H,1H3,(H,25,26). The molecule has 1 aliphatic heterocycles. The van der Waals surface area contributed by atoms with Crippen LogP contribution in [0.25, 0.3) is 22.4 Å². The van der Waals surface area contributed by atoms with E-state index in [-0.39, 0.29) is 6.04 Å². The van der Waals surface area contributed by atoms with Gasteiger partial charge in [0.25, 0.3) is 0 Å². The first-order valence-electron chi connectivity index (χ1n) is 8.18. The molecular weight excluding hydrogens is 332 g/mol. The maximum atomic E-state index is 11.3. The Balaban J connectivity index is 1.54. The zero-order valence-electron chi connectivity index (χ0n) is 14.0. The highest BCUT2D eigenvalue weighted by atomic mass is 16.4. The van der Waals surface area contributed by atoms with E-state index in [1.807, 2.05) is 61.8 Å². The fraction of sp³-hybridized carbons (Fsp3) is 0.167. The first kappa shape index (κ1) is 16.4. The summed E-state index contributed by atoms with van der Waals surface area (Å²) in [7, 11) is 1.84. The first-order valence-corrected chi connectivity index (χ1v) is 8.18. The summed E-state index contributed by atoms with van der Waals surface area (Å²) in [5.41, 5.74) is 13.2. The second kappa shape index (κ2) is 6.68. The minimum atomic E-state index is -0.906. The van der Waals surface area contributed by atoms with Gasteiger partial charge in [-0.3, -0.25) is 9.48 Å². The Morgan fingerprint density at radius 1 is 1.00 bits per heavy atom. The molecule has 8 nitrogen and oxygen atoms in total. The van der Waals surface area contributed by atoms with Crippen LogP contribution in [0.4, 0.5) is 0 Å². The Labute approximate surface area is 149 Å². The Hall–Kier alpha value is -3.07. The Morgan fingerprint density at radius 2 is 1.62 bits per heavy atom. The van der Waals surface area contributed by atoms with Crippen LogP contribution >= 0.6 is 0 Å². The minimum Gasteiger partial charge on any atom is -0.480 e. The van der Waals surface area contributed by atoms with E-state index in [4.69, 9.17) is 0 Å². The van der Waals surface area contributed by atoms with Crippen LogP contribution in [0.15, 0.2) is 54.7 Å². The maximum absolute atomic E-state index is 11.3. The molecule has 0 saturated carbocycles. The van der Waals surface area contributed by atoms with E-state index in [9.17, 15) is 9.90 Å². The summed E-state index contributed by atoms with van der Waals surface area (Å²) in [4.78, 5) is 11.3. The summed E-state index contributed by atoms with van der Waals surface area (Å²) < 4.78 is 1.67. The first-order chi connectivity index (χ1) is 12.6. The van der Waals surface area contributed by atoms with Crippen molar-refractivity contribution in [2.75, 3.05) is 0 Å². The van der Waals surface area contributed by atoms with Crippen LogP contribution in [0.5, 0.6) is 0 Å². The molecule has 3 aromatic rings. The topological polar surface area (TPSA) is 104 Å². The van der Waals surface area contributed by atoms with Gasteiger partial charge in [-0.05, 0) is 16.7 Å². The van der Waals surface area contributed by atoms with Crippen LogP contribution in [0.1, 0.15) is 11.6 Å². The highest BCUT2D eigenvalue weighted by molar-refractivity contribution is 5.75. The van der Waals surface area contributed by atoms with Crippen molar-refractivity contribution in [1.29, 1.82) is 0 Å². The number of hydrazine groups is 2. The summed E-state index contributed by atoms with van der Waals surface area (Å²) in [5, 5.41) is 17.3. The SMILES string of the molecule is Cn1cc(-c2ccc(-c3ccc(C4NNNC4C(=O)O)cc3)cc2)nn1. The predicted molar refractivity (Wildman–Crippen MR) is 95.4 cm³/mol. The van der Waals surface area contributed by atoms with Gasteiger partial charge >= 0.3 is 5.97 Å². The van der Waals surface area contributed by atoms with Gasteiger partial charge in [-0.15, -0.1) is 5.10 Å². The number of aliphatic carboxylic acids is 1. The minimum absolute atomic E-state index is 0.333. The van der Waals surface area contributed by atoms with Crippen LogP contribution in [0, 0.1) is 0 Å². The Morgan fingerprint density at radius 3 is 2.19 bits per heavy atom. The number of aryl methyl sites for hydroxylation is 1.